The third-order valence-electron chi connectivity index (χ3n) is 4.69. The van der Waals surface area contributed by atoms with Gasteiger partial charge in [-0.25, -0.2) is 9.07 Å². The Balaban J connectivity index is 1.96. The van der Waals surface area contributed by atoms with Crippen molar-refractivity contribution in [2.45, 2.75) is 27.7 Å². The zero-order valence-corrected chi connectivity index (χ0v) is 17.8. The maximum Gasteiger partial charge on any atom is 0.266 e. The van der Waals surface area contributed by atoms with Crippen LogP contribution in [0.3, 0.4) is 0 Å². The van der Waals surface area contributed by atoms with E-state index in [-0.39, 0.29) is 16.5 Å². The minimum atomic E-state index is -0.530. The number of aromatic nitrogens is 2. The monoisotopic (exact) mass is 422 g/mol. The fourth-order valence-electron chi connectivity index (χ4n) is 3.28. The van der Waals surface area contributed by atoms with E-state index in [1.807, 2.05) is 39.0 Å². The quantitative estimate of drug-likeness (QED) is 0.449. The number of benzene rings is 2. The molecule has 0 spiro atoms. The summed E-state index contributed by atoms with van der Waals surface area (Å²) in [6, 6.07) is 11.6. The summed E-state index contributed by atoms with van der Waals surface area (Å²) in [5, 5.41) is 17.0. The Morgan fingerprint density at radius 1 is 1.17 bits per heavy atom. The third kappa shape index (κ3) is 4.27. The zero-order valence-electron chi connectivity index (χ0n) is 17.0. The van der Waals surface area contributed by atoms with Gasteiger partial charge in [-0.3, -0.25) is 4.79 Å². The fourth-order valence-corrected chi connectivity index (χ4v) is 3.61. The van der Waals surface area contributed by atoms with Crippen molar-refractivity contribution in [3.05, 3.63) is 80.9 Å². The molecule has 0 aliphatic carbocycles. The number of hydrogen-bond donors (Lipinski definition) is 1. The molecule has 0 aliphatic rings. The normalized spacial score (nSPS) is 11.3. The van der Waals surface area contributed by atoms with Crippen LogP contribution in [0.4, 0.5) is 10.1 Å². The molecule has 3 rings (SSSR count). The molecular weight excluding hydrogens is 403 g/mol. The molecule has 30 heavy (non-hydrogen) atoms. The highest BCUT2D eigenvalue weighted by Crippen LogP contribution is 2.27. The Kier molecular flexibility index (Phi) is 6.04. The summed E-state index contributed by atoms with van der Waals surface area (Å²) in [6.07, 6.45) is 1.42. The molecule has 1 heterocycles. The Hall–Kier alpha value is -3.43. The number of rotatable bonds is 4. The number of amides is 1. The van der Waals surface area contributed by atoms with Crippen LogP contribution in [0, 0.1) is 44.8 Å². The third-order valence-corrected chi connectivity index (χ3v) is 5.05. The highest BCUT2D eigenvalue weighted by molar-refractivity contribution is 6.31. The fraction of sp³-hybridized carbons (Fsp3) is 0.174. The number of halogens is 2. The van der Waals surface area contributed by atoms with E-state index >= 15 is 0 Å². The highest BCUT2D eigenvalue weighted by atomic mass is 35.5. The van der Waals surface area contributed by atoms with Crippen molar-refractivity contribution in [2.24, 2.45) is 0 Å². The van der Waals surface area contributed by atoms with Crippen LogP contribution in [-0.4, -0.2) is 15.7 Å². The van der Waals surface area contributed by atoms with Crippen LogP contribution >= 0.6 is 11.6 Å². The number of nitrogens with one attached hydrogen (secondary N) is 1. The van der Waals surface area contributed by atoms with Crippen LogP contribution in [-0.2, 0) is 4.79 Å². The maximum absolute atomic E-state index is 13.2. The van der Waals surface area contributed by atoms with E-state index in [4.69, 9.17) is 11.6 Å². The molecule has 1 aromatic heterocycles. The summed E-state index contributed by atoms with van der Waals surface area (Å²) in [6.45, 7) is 7.51. The molecule has 1 N–H and O–H groups in total. The predicted molar refractivity (Wildman–Crippen MR) is 116 cm³/mol. The molecule has 0 atom stereocenters. The molecule has 3 aromatic rings. The molecule has 152 valence electrons. The number of hydrogen-bond acceptors (Lipinski definition) is 3. The van der Waals surface area contributed by atoms with Gasteiger partial charge in [-0.2, -0.15) is 10.4 Å². The maximum atomic E-state index is 13.2. The van der Waals surface area contributed by atoms with E-state index in [2.05, 4.69) is 10.4 Å². The van der Waals surface area contributed by atoms with Crippen molar-refractivity contribution in [3.8, 4) is 11.8 Å². The Morgan fingerprint density at radius 3 is 2.33 bits per heavy atom. The Bertz CT molecular complexity index is 1180. The second-order valence-corrected chi connectivity index (χ2v) is 7.43. The van der Waals surface area contributed by atoms with Crippen LogP contribution in [0.2, 0.25) is 5.15 Å². The van der Waals surface area contributed by atoms with Gasteiger partial charge in [-0.1, -0.05) is 29.3 Å². The van der Waals surface area contributed by atoms with Gasteiger partial charge in [-0.15, -0.1) is 0 Å². The number of carbonyl (C=O) groups is 1. The smallest absolute Gasteiger partial charge is 0.266 e. The van der Waals surface area contributed by atoms with E-state index in [0.717, 1.165) is 16.7 Å². The number of nitriles is 1. The lowest BCUT2D eigenvalue weighted by atomic mass is 10.0. The average Bonchev–Trinajstić information content (AvgIpc) is 2.97. The van der Waals surface area contributed by atoms with Gasteiger partial charge < -0.3 is 5.32 Å². The number of nitrogens with zero attached hydrogens (tertiary/aromatic N) is 3. The van der Waals surface area contributed by atoms with E-state index in [9.17, 15) is 14.4 Å². The summed E-state index contributed by atoms with van der Waals surface area (Å²) in [4.78, 5) is 12.8. The van der Waals surface area contributed by atoms with Crippen molar-refractivity contribution in [2.75, 3.05) is 5.32 Å². The SMILES string of the molecule is Cc1cc(C)c(NC(=O)/C(C#N)=C/c2c(C)nn(-c3ccc(F)cc3)c2Cl)c(C)c1. The molecule has 0 aliphatic heterocycles. The average molecular weight is 423 g/mol. The molecule has 0 fully saturated rings. The molecule has 0 bridgehead atoms. The number of anilines is 1. The highest BCUT2D eigenvalue weighted by Gasteiger charge is 2.18. The van der Waals surface area contributed by atoms with Gasteiger partial charge >= 0.3 is 0 Å². The van der Waals surface area contributed by atoms with Crippen LogP contribution in [0.5, 0.6) is 0 Å². The van der Waals surface area contributed by atoms with Gasteiger partial charge in [-0.05, 0) is 69.2 Å². The second-order valence-electron chi connectivity index (χ2n) is 7.08. The topological polar surface area (TPSA) is 70.7 Å². The first-order valence-electron chi connectivity index (χ1n) is 9.23. The lowest BCUT2D eigenvalue weighted by Gasteiger charge is -2.12. The van der Waals surface area contributed by atoms with Gasteiger partial charge in [0.1, 0.15) is 22.6 Å². The van der Waals surface area contributed by atoms with Crippen LogP contribution in [0.25, 0.3) is 11.8 Å². The van der Waals surface area contributed by atoms with Crippen molar-refractivity contribution in [3.63, 3.8) is 0 Å². The second kappa shape index (κ2) is 8.52. The molecule has 0 saturated heterocycles. The molecule has 2 aromatic carbocycles. The van der Waals surface area contributed by atoms with Crippen molar-refractivity contribution in [1.82, 2.24) is 9.78 Å². The van der Waals surface area contributed by atoms with Crippen LogP contribution in [0.15, 0.2) is 42.0 Å². The molecule has 0 saturated carbocycles. The van der Waals surface area contributed by atoms with Gasteiger partial charge in [0.2, 0.25) is 0 Å². The molecule has 5 nitrogen and oxygen atoms in total. The molecular formula is C23H20ClFN4O. The molecule has 0 radical (unpaired) electrons. The van der Waals surface area contributed by atoms with E-state index in [1.165, 1.54) is 22.9 Å². The first kappa shape index (κ1) is 21.3. The van der Waals surface area contributed by atoms with E-state index in [1.54, 1.807) is 19.1 Å². The largest absolute Gasteiger partial charge is 0.321 e. The van der Waals surface area contributed by atoms with Gasteiger partial charge in [0.25, 0.3) is 5.91 Å². The minimum Gasteiger partial charge on any atom is -0.321 e. The van der Waals surface area contributed by atoms with E-state index in [0.29, 0.717) is 22.6 Å². The van der Waals surface area contributed by atoms with Gasteiger partial charge in [0.15, 0.2) is 0 Å². The summed E-state index contributed by atoms with van der Waals surface area (Å²) in [5.74, 6) is -0.901. The Morgan fingerprint density at radius 2 is 1.77 bits per heavy atom. The summed E-state index contributed by atoms with van der Waals surface area (Å²) in [5.41, 5.74) is 5.05. The summed E-state index contributed by atoms with van der Waals surface area (Å²) < 4.78 is 14.6. The first-order valence-corrected chi connectivity index (χ1v) is 9.61. The van der Waals surface area contributed by atoms with Gasteiger partial charge in [0, 0.05) is 11.3 Å². The van der Waals surface area contributed by atoms with Crippen molar-refractivity contribution >= 4 is 29.3 Å². The zero-order chi connectivity index (χ0) is 22.0. The standard InChI is InChI=1S/C23H20ClFN4O/c1-13-9-14(2)21(15(3)10-13)27-23(30)17(12-26)11-20-16(4)28-29(22(20)24)19-7-5-18(25)6-8-19/h5-11H,1-4H3,(H,27,30)/b17-11+. The van der Waals surface area contributed by atoms with E-state index < -0.39 is 5.91 Å². The summed E-state index contributed by atoms with van der Waals surface area (Å²) in [7, 11) is 0. The van der Waals surface area contributed by atoms with Gasteiger partial charge in [0.05, 0.1) is 11.4 Å². The minimum absolute atomic E-state index is 0.0990. The number of aryl methyl sites for hydroxylation is 4. The number of carbonyl (C=O) groups excluding carboxylic acids is 1. The predicted octanol–water partition coefficient (Wildman–Crippen LogP) is 5.44. The lowest BCUT2D eigenvalue weighted by Crippen LogP contribution is -2.15. The van der Waals surface area contributed by atoms with Crippen LogP contribution < -0.4 is 5.32 Å². The Labute approximate surface area is 179 Å². The summed E-state index contributed by atoms with van der Waals surface area (Å²) >= 11 is 6.46. The lowest BCUT2D eigenvalue weighted by molar-refractivity contribution is -0.112. The molecule has 7 heteroatoms. The van der Waals surface area contributed by atoms with Crippen molar-refractivity contribution in [1.29, 1.82) is 5.26 Å². The first-order chi connectivity index (χ1) is 14.2. The van der Waals surface area contributed by atoms with Crippen LogP contribution in [0.1, 0.15) is 27.9 Å². The van der Waals surface area contributed by atoms with Crippen molar-refractivity contribution < 1.29 is 9.18 Å². The molecule has 0 unspecified atom stereocenters. The molecule has 1 amide bonds.